The minimum absolute atomic E-state index is 0.000000151. The smallest absolute Gasteiger partial charge is 0.245 e. The van der Waals surface area contributed by atoms with Crippen molar-refractivity contribution in [3.63, 3.8) is 0 Å². The summed E-state index contributed by atoms with van der Waals surface area (Å²) in [4.78, 5) is 54.7. The Kier molecular flexibility index (Phi) is 11.7. The number of carbonyl (C=O) groups is 4. The number of thioether (sulfide) groups is 1. The van der Waals surface area contributed by atoms with Crippen molar-refractivity contribution < 1.29 is 24.3 Å². The van der Waals surface area contributed by atoms with Crippen LogP contribution >= 0.6 is 11.8 Å². The van der Waals surface area contributed by atoms with Crippen molar-refractivity contribution in [2.24, 2.45) is 0 Å². The second kappa shape index (κ2) is 15.9. The Morgan fingerprint density at radius 3 is 2.21 bits per heavy atom. The average Bonchev–Trinajstić information content (AvgIpc) is 3.40. The van der Waals surface area contributed by atoms with Crippen molar-refractivity contribution in [2.75, 3.05) is 13.1 Å². The van der Waals surface area contributed by atoms with E-state index in [0.29, 0.717) is 19.5 Å². The fourth-order valence-electron chi connectivity index (χ4n) is 6.35. The highest BCUT2D eigenvalue weighted by Crippen LogP contribution is 2.39. The normalized spacial score (nSPS) is 21.4. The molecule has 48 heavy (non-hydrogen) atoms. The summed E-state index contributed by atoms with van der Waals surface area (Å²) in [5.74, 6) is -0.943. The Morgan fingerprint density at radius 1 is 0.917 bits per heavy atom. The summed E-state index contributed by atoms with van der Waals surface area (Å²) in [6.45, 7) is 6.47. The average molecular weight is 672 g/mol. The molecule has 3 aromatic rings. The van der Waals surface area contributed by atoms with E-state index in [0.717, 1.165) is 22.3 Å². The molecule has 0 spiro atoms. The van der Waals surface area contributed by atoms with E-state index in [2.05, 4.69) is 21.3 Å². The van der Waals surface area contributed by atoms with Crippen molar-refractivity contribution in [1.82, 2.24) is 26.2 Å². The van der Waals surface area contributed by atoms with Gasteiger partial charge in [-0.2, -0.15) is 0 Å². The van der Waals surface area contributed by atoms with Gasteiger partial charge in [0.1, 0.15) is 17.9 Å². The van der Waals surface area contributed by atoms with Gasteiger partial charge in [0.15, 0.2) is 0 Å². The highest BCUT2D eigenvalue weighted by Gasteiger charge is 2.49. The van der Waals surface area contributed by atoms with E-state index in [9.17, 15) is 24.3 Å². The van der Waals surface area contributed by atoms with Crippen LogP contribution in [0.4, 0.5) is 0 Å². The zero-order chi connectivity index (χ0) is 34.3. The third-order valence-corrected chi connectivity index (χ3v) is 10.4. The number of nitrogens with zero attached hydrogens (tertiary/aromatic N) is 1. The Hall–Kier alpha value is -4.03. The zero-order valence-corrected chi connectivity index (χ0v) is 28.5. The molecule has 2 aliphatic rings. The molecular weight excluding hydrogens is 627 g/mol. The maximum atomic E-state index is 13.6. The van der Waals surface area contributed by atoms with Crippen LogP contribution in [0.1, 0.15) is 43.0 Å². The molecule has 3 aromatic carbocycles. The molecule has 5 N–H and O–H groups in total. The van der Waals surface area contributed by atoms with E-state index in [4.69, 9.17) is 0 Å². The standard InChI is InChI=1S/C37H45N5O5S/c1-24(43)30-19-27-16-10-11-17-28(27)22-42(30)23-29(44)21-39-35(47)33-37(2,3)48-36(41-33)32(34(46)38-20-26-14-8-5-9-15-26)40-31(45)18-25-12-6-4-7-13-25/h4-17,29-30,32-33,36,41,44H,18-23H2,1-3H3,(H,38,46)(H,39,47)(H,40,45). The number of rotatable bonds is 13. The largest absolute Gasteiger partial charge is 0.390 e. The first-order chi connectivity index (χ1) is 23.0. The van der Waals surface area contributed by atoms with Gasteiger partial charge < -0.3 is 21.1 Å². The molecule has 3 amide bonds. The van der Waals surface area contributed by atoms with Crippen LogP contribution in [0.25, 0.3) is 0 Å². The van der Waals surface area contributed by atoms with Crippen molar-refractivity contribution in [3.05, 3.63) is 107 Å². The number of hydrogen-bond donors (Lipinski definition) is 5. The molecule has 2 heterocycles. The molecule has 0 bridgehead atoms. The first kappa shape index (κ1) is 35.3. The lowest BCUT2D eigenvalue weighted by atomic mass is 9.92. The lowest BCUT2D eigenvalue weighted by Crippen LogP contribution is -2.58. The molecule has 0 radical (unpaired) electrons. The number of aliphatic hydroxyl groups is 1. The van der Waals surface area contributed by atoms with Gasteiger partial charge in [0.05, 0.1) is 23.9 Å². The number of amides is 3. The van der Waals surface area contributed by atoms with Crippen LogP contribution in [0.5, 0.6) is 0 Å². The van der Waals surface area contributed by atoms with Crippen LogP contribution in [0, 0.1) is 0 Å². The zero-order valence-electron chi connectivity index (χ0n) is 27.6. The van der Waals surface area contributed by atoms with E-state index in [1.165, 1.54) is 11.8 Å². The minimum Gasteiger partial charge on any atom is -0.390 e. The number of β-amino-alcohol motifs (C(OH)–C–C–N with tert-alkyl or cyclic N) is 1. The molecule has 2 aliphatic heterocycles. The van der Waals surface area contributed by atoms with Crippen LogP contribution < -0.4 is 21.3 Å². The van der Waals surface area contributed by atoms with Gasteiger partial charge in [0.2, 0.25) is 17.7 Å². The summed E-state index contributed by atoms with van der Waals surface area (Å²) in [6.07, 6.45) is -0.201. The highest BCUT2D eigenvalue weighted by atomic mass is 32.2. The SMILES string of the molecule is CC(=O)C1Cc2ccccc2CN1CC(O)CNC(=O)C1NC(C(NC(=O)Cc2ccccc2)C(=O)NCc2ccccc2)SC1(C)C. The molecule has 254 valence electrons. The Labute approximate surface area is 286 Å². The van der Waals surface area contributed by atoms with Gasteiger partial charge in [0.25, 0.3) is 0 Å². The number of Topliss-reactive ketones (excluding diaryl/α,β-unsaturated/α-hetero) is 1. The minimum atomic E-state index is -0.955. The lowest BCUT2D eigenvalue weighted by molar-refractivity contribution is -0.129. The second-order valence-corrected chi connectivity index (χ2v) is 14.9. The van der Waals surface area contributed by atoms with Crippen LogP contribution in [0.3, 0.4) is 0 Å². The summed E-state index contributed by atoms with van der Waals surface area (Å²) >= 11 is 1.41. The number of benzene rings is 3. The van der Waals surface area contributed by atoms with Gasteiger partial charge in [-0.25, -0.2) is 0 Å². The molecule has 1 saturated heterocycles. The number of nitrogens with one attached hydrogen (secondary N) is 4. The maximum Gasteiger partial charge on any atom is 0.245 e. The molecule has 5 unspecified atom stereocenters. The van der Waals surface area contributed by atoms with Crippen LogP contribution in [0.15, 0.2) is 84.9 Å². The lowest BCUT2D eigenvalue weighted by Gasteiger charge is -2.36. The van der Waals surface area contributed by atoms with Crippen LogP contribution in [-0.4, -0.2) is 81.0 Å². The molecule has 0 saturated carbocycles. The van der Waals surface area contributed by atoms with Crippen molar-refractivity contribution in [1.29, 1.82) is 0 Å². The van der Waals surface area contributed by atoms with Crippen molar-refractivity contribution >= 4 is 35.3 Å². The topological polar surface area (TPSA) is 140 Å². The van der Waals surface area contributed by atoms with E-state index >= 15 is 0 Å². The van der Waals surface area contributed by atoms with Gasteiger partial charge in [-0.05, 0) is 49.4 Å². The number of fused-ring (bicyclic) bond motifs is 1. The number of hydrogen-bond acceptors (Lipinski definition) is 8. The van der Waals surface area contributed by atoms with E-state index < -0.39 is 28.3 Å². The number of aliphatic hydroxyl groups excluding tert-OH is 1. The predicted molar refractivity (Wildman–Crippen MR) is 187 cm³/mol. The molecule has 11 heteroatoms. The van der Waals surface area contributed by atoms with Gasteiger partial charge in [-0.15, -0.1) is 11.8 Å². The monoisotopic (exact) mass is 671 g/mol. The van der Waals surface area contributed by atoms with Crippen molar-refractivity contribution in [3.8, 4) is 0 Å². The summed E-state index contributed by atoms with van der Waals surface area (Å²) in [5, 5.41) is 22.4. The summed E-state index contributed by atoms with van der Waals surface area (Å²) in [7, 11) is 0. The maximum absolute atomic E-state index is 13.6. The molecular formula is C37H45N5O5S. The summed E-state index contributed by atoms with van der Waals surface area (Å²) in [6, 6.07) is 24.8. The summed E-state index contributed by atoms with van der Waals surface area (Å²) < 4.78 is -0.641. The predicted octanol–water partition coefficient (Wildman–Crippen LogP) is 2.33. The Bertz CT molecular complexity index is 1590. The van der Waals surface area contributed by atoms with E-state index in [-0.39, 0.29) is 49.1 Å². The molecule has 5 rings (SSSR count). The first-order valence-corrected chi connectivity index (χ1v) is 17.2. The first-order valence-electron chi connectivity index (χ1n) is 16.4. The second-order valence-electron chi connectivity index (χ2n) is 13.1. The van der Waals surface area contributed by atoms with Gasteiger partial charge >= 0.3 is 0 Å². The fraction of sp³-hybridized carbons (Fsp3) is 0.405. The molecule has 0 aromatic heterocycles. The molecule has 10 nitrogen and oxygen atoms in total. The number of carbonyl (C=O) groups excluding carboxylic acids is 4. The van der Waals surface area contributed by atoms with E-state index in [1.54, 1.807) is 6.92 Å². The quantitative estimate of drug-likeness (QED) is 0.187. The molecule has 1 fully saturated rings. The Balaban J connectivity index is 1.21. The molecule has 0 aliphatic carbocycles. The van der Waals surface area contributed by atoms with E-state index in [1.807, 2.05) is 104 Å². The van der Waals surface area contributed by atoms with Crippen LogP contribution in [-0.2, 0) is 45.1 Å². The van der Waals surface area contributed by atoms with Crippen molar-refractivity contribution in [2.45, 2.75) is 81.1 Å². The van der Waals surface area contributed by atoms with Crippen LogP contribution in [0.2, 0.25) is 0 Å². The third kappa shape index (κ3) is 9.10. The fourth-order valence-corrected chi connectivity index (χ4v) is 7.85. The molecule has 5 atom stereocenters. The van der Waals surface area contributed by atoms with Gasteiger partial charge in [0, 0.05) is 30.9 Å². The highest BCUT2D eigenvalue weighted by molar-refractivity contribution is 8.01. The number of ketones is 1. The third-order valence-electron chi connectivity index (χ3n) is 8.91. The van der Waals surface area contributed by atoms with Gasteiger partial charge in [-0.3, -0.25) is 29.4 Å². The van der Waals surface area contributed by atoms with Gasteiger partial charge in [-0.1, -0.05) is 84.9 Å². The summed E-state index contributed by atoms with van der Waals surface area (Å²) in [5.41, 5.74) is 4.02. The Morgan fingerprint density at radius 2 is 1.54 bits per heavy atom.